The minimum absolute atomic E-state index is 0.0698. The number of fused-ring (bicyclic) bond motifs is 2. The van der Waals surface area contributed by atoms with E-state index in [-0.39, 0.29) is 37.0 Å². The van der Waals surface area contributed by atoms with E-state index in [9.17, 15) is 27.6 Å². The Morgan fingerprint density at radius 2 is 1.83 bits per heavy atom. The van der Waals surface area contributed by atoms with Crippen LogP contribution in [0.5, 0.6) is 0 Å². The summed E-state index contributed by atoms with van der Waals surface area (Å²) in [5.74, 6) is -0.696. The number of hydrogen-bond acceptors (Lipinski definition) is 3. The number of nitrogens with zero attached hydrogens (tertiary/aromatic N) is 2. The van der Waals surface area contributed by atoms with Gasteiger partial charge in [0.1, 0.15) is 6.04 Å². The van der Waals surface area contributed by atoms with Gasteiger partial charge in [0.15, 0.2) is 0 Å². The van der Waals surface area contributed by atoms with Gasteiger partial charge in [0.05, 0.1) is 23.4 Å². The highest BCUT2D eigenvalue weighted by Crippen LogP contribution is 2.34. The molecule has 0 saturated carbocycles. The molecule has 2 unspecified atom stereocenters. The molecule has 2 aromatic rings. The number of anilines is 1. The SMILES string of the molecule is CC1C=CC=C(C(=O)N2CCN3C(=O)c4cc(-c5cccc(C(F)(F)F)c5)ccc4NC(=O)C3C2)C1. The van der Waals surface area contributed by atoms with Crippen molar-refractivity contribution in [3.05, 3.63) is 77.4 Å². The number of alkyl halides is 3. The summed E-state index contributed by atoms with van der Waals surface area (Å²) >= 11 is 0. The lowest BCUT2D eigenvalue weighted by Crippen LogP contribution is -2.59. The third-order valence-corrected chi connectivity index (χ3v) is 6.82. The summed E-state index contributed by atoms with van der Waals surface area (Å²) in [5.41, 5.74) is 1.13. The van der Waals surface area contributed by atoms with Gasteiger partial charge in [-0.1, -0.05) is 43.4 Å². The van der Waals surface area contributed by atoms with Crippen molar-refractivity contribution in [2.45, 2.75) is 25.6 Å². The van der Waals surface area contributed by atoms with E-state index in [1.807, 2.05) is 19.1 Å². The first-order valence-corrected chi connectivity index (χ1v) is 11.7. The van der Waals surface area contributed by atoms with Crippen molar-refractivity contribution in [2.24, 2.45) is 5.92 Å². The van der Waals surface area contributed by atoms with E-state index in [4.69, 9.17) is 0 Å². The maximum absolute atomic E-state index is 13.5. The van der Waals surface area contributed by atoms with E-state index in [2.05, 4.69) is 5.32 Å². The molecule has 1 fully saturated rings. The lowest BCUT2D eigenvalue weighted by molar-refractivity contribution is -0.137. The number of halogens is 3. The van der Waals surface area contributed by atoms with Crippen LogP contribution in [0.2, 0.25) is 0 Å². The van der Waals surface area contributed by atoms with Crippen LogP contribution in [0, 0.1) is 5.92 Å². The molecule has 2 atom stereocenters. The number of rotatable bonds is 2. The standard InChI is InChI=1S/C27H24F3N3O3/c1-16-4-2-6-19(12-16)25(35)32-10-11-33-23(15-32)24(34)31-22-9-8-18(14-21(22)26(33)36)17-5-3-7-20(13-17)27(28,29)30/h2-9,13-14,16,23H,10-12,15H2,1H3,(H,31,34). The van der Waals surface area contributed by atoms with E-state index >= 15 is 0 Å². The van der Waals surface area contributed by atoms with Crippen LogP contribution in [0.15, 0.2) is 66.3 Å². The zero-order chi connectivity index (χ0) is 25.6. The van der Waals surface area contributed by atoms with Crippen molar-refractivity contribution in [1.82, 2.24) is 9.80 Å². The van der Waals surface area contributed by atoms with Crippen LogP contribution >= 0.6 is 0 Å². The predicted octanol–water partition coefficient (Wildman–Crippen LogP) is 4.50. The van der Waals surface area contributed by atoms with E-state index in [1.165, 1.54) is 23.1 Å². The minimum atomic E-state index is -4.49. The molecule has 0 radical (unpaired) electrons. The Hall–Kier alpha value is -3.88. The molecule has 36 heavy (non-hydrogen) atoms. The van der Waals surface area contributed by atoms with Gasteiger partial charge in [-0.3, -0.25) is 14.4 Å². The third-order valence-electron chi connectivity index (χ3n) is 6.82. The summed E-state index contributed by atoms with van der Waals surface area (Å²) in [6.07, 6.45) is 1.81. The number of amides is 3. The smallest absolute Gasteiger partial charge is 0.335 e. The van der Waals surface area contributed by atoms with Gasteiger partial charge in [-0.15, -0.1) is 0 Å². The van der Waals surface area contributed by atoms with Gasteiger partial charge in [-0.25, -0.2) is 0 Å². The van der Waals surface area contributed by atoms with Crippen LogP contribution in [0.25, 0.3) is 11.1 Å². The highest BCUT2D eigenvalue weighted by atomic mass is 19.4. The molecular formula is C27H24F3N3O3. The van der Waals surface area contributed by atoms with Crippen molar-refractivity contribution in [3.8, 4) is 11.1 Å². The molecule has 0 spiro atoms. The Kier molecular flexibility index (Phi) is 5.94. The Morgan fingerprint density at radius 1 is 1.06 bits per heavy atom. The summed E-state index contributed by atoms with van der Waals surface area (Å²) < 4.78 is 39.6. The summed E-state index contributed by atoms with van der Waals surface area (Å²) in [5, 5.41) is 2.77. The van der Waals surface area contributed by atoms with Gasteiger partial charge in [0.2, 0.25) is 11.8 Å². The Bertz CT molecular complexity index is 1310. The molecule has 0 aromatic heterocycles. The number of piperazine rings is 1. The molecule has 2 heterocycles. The second-order valence-corrected chi connectivity index (χ2v) is 9.35. The van der Waals surface area contributed by atoms with Crippen LogP contribution in [-0.2, 0) is 15.8 Å². The van der Waals surface area contributed by atoms with Crippen LogP contribution in [0.4, 0.5) is 18.9 Å². The fourth-order valence-corrected chi connectivity index (χ4v) is 4.90. The van der Waals surface area contributed by atoms with E-state index in [0.29, 0.717) is 28.8 Å². The number of carbonyl (C=O) groups is 3. The average molecular weight is 496 g/mol. The molecule has 2 aliphatic heterocycles. The molecule has 0 bridgehead atoms. The first-order chi connectivity index (χ1) is 17.1. The second-order valence-electron chi connectivity index (χ2n) is 9.35. The molecule has 6 nitrogen and oxygen atoms in total. The molecule has 2 aromatic carbocycles. The third kappa shape index (κ3) is 4.41. The Labute approximate surface area is 206 Å². The topological polar surface area (TPSA) is 69.7 Å². The van der Waals surface area contributed by atoms with Gasteiger partial charge < -0.3 is 15.1 Å². The van der Waals surface area contributed by atoms with Gasteiger partial charge in [-0.2, -0.15) is 13.2 Å². The highest BCUT2D eigenvalue weighted by molar-refractivity contribution is 6.11. The van der Waals surface area contributed by atoms with Crippen LogP contribution in [0.3, 0.4) is 0 Å². The number of hydrogen-bond donors (Lipinski definition) is 1. The second kappa shape index (κ2) is 8.96. The summed E-state index contributed by atoms with van der Waals surface area (Å²) in [4.78, 5) is 42.7. The normalized spacial score (nSPS) is 21.8. The molecule has 3 aliphatic rings. The number of benzene rings is 2. The fourth-order valence-electron chi connectivity index (χ4n) is 4.90. The maximum atomic E-state index is 13.5. The number of allylic oxidation sites excluding steroid dienone is 3. The van der Waals surface area contributed by atoms with Crippen molar-refractivity contribution in [2.75, 3.05) is 25.0 Å². The highest BCUT2D eigenvalue weighted by Gasteiger charge is 2.41. The summed E-state index contributed by atoms with van der Waals surface area (Å²) in [6.45, 7) is 2.55. The lowest BCUT2D eigenvalue weighted by atomic mass is 9.94. The summed E-state index contributed by atoms with van der Waals surface area (Å²) in [7, 11) is 0. The van der Waals surface area contributed by atoms with Crippen molar-refractivity contribution < 1.29 is 27.6 Å². The van der Waals surface area contributed by atoms with Crippen molar-refractivity contribution in [3.63, 3.8) is 0 Å². The van der Waals surface area contributed by atoms with Gasteiger partial charge in [-0.05, 0) is 47.7 Å². The zero-order valence-corrected chi connectivity index (χ0v) is 19.5. The Balaban J connectivity index is 1.41. The van der Waals surface area contributed by atoms with E-state index in [1.54, 1.807) is 23.1 Å². The van der Waals surface area contributed by atoms with Crippen LogP contribution < -0.4 is 5.32 Å². The maximum Gasteiger partial charge on any atom is 0.416 e. The molecule has 1 N–H and O–H groups in total. The molecule has 3 amide bonds. The first-order valence-electron chi connectivity index (χ1n) is 11.7. The zero-order valence-electron chi connectivity index (χ0n) is 19.5. The molecule has 186 valence electrons. The first kappa shape index (κ1) is 23.8. The van der Waals surface area contributed by atoms with E-state index < -0.39 is 29.6 Å². The van der Waals surface area contributed by atoms with Crippen molar-refractivity contribution in [1.29, 1.82) is 0 Å². The molecule has 9 heteroatoms. The summed E-state index contributed by atoms with van der Waals surface area (Å²) in [6, 6.07) is 8.63. The molecule has 1 saturated heterocycles. The molecule has 1 aliphatic carbocycles. The quantitative estimate of drug-likeness (QED) is 0.667. The largest absolute Gasteiger partial charge is 0.416 e. The monoisotopic (exact) mass is 495 g/mol. The number of carbonyl (C=O) groups excluding carboxylic acids is 3. The van der Waals surface area contributed by atoms with Crippen molar-refractivity contribution >= 4 is 23.4 Å². The van der Waals surface area contributed by atoms with Crippen LogP contribution in [0.1, 0.15) is 29.3 Å². The number of nitrogens with one attached hydrogen (secondary N) is 1. The average Bonchev–Trinajstić information content (AvgIpc) is 2.97. The van der Waals surface area contributed by atoms with E-state index in [0.717, 1.165) is 12.1 Å². The molecule has 5 rings (SSSR count). The lowest BCUT2D eigenvalue weighted by Gasteiger charge is -2.39. The fraction of sp³-hybridized carbons (Fsp3) is 0.296. The molecular weight excluding hydrogens is 471 g/mol. The van der Waals surface area contributed by atoms with Crippen LogP contribution in [-0.4, -0.2) is 53.2 Å². The van der Waals surface area contributed by atoms with Gasteiger partial charge in [0, 0.05) is 18.7 Å². The predicted molar refractivity (Wildman–Crippen MR) is 128 cm³/mol. The minimum Gasteiger partial charge on any atom is -0.335 e. The van der Waals surface area contributed by atoms with Gasteiger partial charge >= 0.3 is 6.18 Å². The van der Waals surface area contributed by atoms with Gasteiger partial charge in [0.25, 0.3) is 5.91 Å². The Morgan fingerprint density at radius 3 is 2.58 bits per heavy atom.